The lowest BCUT2D eigenvalue weighted by Crippen LogP contribution is -2.29. The summed E-state index contributed by atoms with van der Waals surface area (Å²) in [6.07, 6.45) is -12.6. The highest BCUT2D eigenvalue weighted by atomic mass is 19.4. The number of amides is 1. The summed E-state index contributed by atoms with van der Waals surface area (Å²) in [5.74, 6) is -1.91. The number of carbonyl (C=O) groups is 1. The first-order chi connectivity index (χ1) is 16.5. The van der Waals surface area contributed by atoms with Crippen molar-refractivity contribution in [2.75, 3.05) is 6.61 Å². The molecule has 2 heterocycles. The molecule has 0 saturated carbocycles. The van der Waals surface area contributed by atoms with E-state index in [1.807, 2.05) is 0 Å². The third kappa shape index (κ3) is 6.60. The fraction of sp³-hybridized carbons (Fsp3) is 0.316. The zero-order valence-corrected chi connectivity index (χ0v) is 17.7. The lowest BCUT2D eigenvalue weighted by Gasteiger charge is -2.16. The molecule has 0 aliphatic rings. The fourth-order valence-corrected chi connectivity index (χ4v) is 2.77. The molecule has 0 fully saturated rings. The molecule has 0 saturated heterocycles. The lowest BCUT2D eigenvalue weighted by atomic mass is 10.0. The van der Waals surface area contributed by atoms with Crippen LogP contribution in [0.15, 0.2) is 36.7 Å². The van der Waals surface area contributed by atoms with Crippen LogP contribution in [0.4, 0.5) is 39.5 Å². The second-order valence-electron chi connectivity index (χ2n) is 7.11. The molecular weight excluding hydrogens is 515 g/mol. The van der Waals surface area contributed by atoms with Crippen molar-refractivity contribution < 1.29 is 49.0 Å². The van der Waals surface area contributed by atoms with Crippen LogP contribution >= 0.6 is 0 Å². The Kier molecular flexibility index (Phi) is 7.13. The second-order valence-corrected chi connectivity index (χ2v) is 7.11. The maximum absolute atomic E-state index is 13.1. The van der Waals surface area contributed by atoms with E-state index in [2.05, 4.69) is 30.1 Å². The van der Waals surface area contributed by atoms with Gasteiger partial charge < -0.3 is 10.1 Å². The van der Waals surface area contributed by atoms with Crippen LogP contribution < -0.4 is 10.1 Å². The Morgan fingerprint density at radius 3 is 2.03 bits per heavy atom. The average Bonchev–Trinajstić information content (AvgIpc) is 3.21. The molecule has 1 atom stereocenters. The molecular formula is C19H13F9N6O2. The predicted molar refractivity (Wildman–Crippen MR) is 101 cm³/mol. The molecule has 1 amide bonds. The largest absolute Gasteiger partial charge is 0.453 e. The summed E-state index contributed by atoms with van der Waals surface area (Å²) in [7, 11) is 0. The van der Waals surface area contributed by atoms with Gasteiger partial charge in [0, 0.05) is 18.0 Å². The van der Waals surface area contributed by atoms with Gasteiger partial charge in [-0.15, -0.1) is 5.10 Å². The number of halogens is 9. The van der Waals surface area contributed by atoms with Gasteiger partial charge in [0.25, 0.3) is 11.9 Å². The van der Waals surface area contributed by atoms with Crippen molar-refractivity contribution in [3.05, 3.63) is 59.2 Å². The number of carbonyl (C=O) groups excluding carboxylic acids is 1. The van der Waals surface area contributed by atoms with Crippen molar-refractivity contribution in [2.45, 2.75) is 31.5 Å². The summed E-state index contributed by atoms with van der Waals surface area (Å²) < 4.78 is 121. The summed E-state index contributed by atoms with van der Waals surface area (Å²) >= 11 is 0. The summed E-state index contributed by atoms with van der Waals surface area (Å²) in [6.45, 7) is -0.565. The second kappa shape index (κ2) is 9.62. The molecule has 194 valence electrons. The Hall–Kier alpha value is -3.92. The van der Waals surface area contributed by atoms with Crippen LogP contribution in [0.3, 0.4) is 0 Å². The van der Waals surface area contributed by atoms with Gasteiger partial charge in [0.05, 0.1) is 17.2 Å². The fourth-order valence-electron chi connectivity index (χ4n) is 2.77. The van der Waals surface area contributed by atoms with E-state index in [0.29, 0.717) is 0 Å². The molecule has 8 nitrogen and oxygen atoms in total. The van der Waals surface area contributed by atoms with E-state index in [1.54, 1.807) is 0 Å². The average molecular weight is 528 g/mol. The monoisotopic (exact) mass is 528 g/mol. The molecule has 36 heavy (non-hydrogen) atoms. The summed E-state index contributed by atoms with van der Waals surface area (Å²) in [5.41, 5.74) is -4.39. The van der Waals surface area contributed by atoms with E-state index in [-0.39, 0.29) is 30.0 Å². The summed E-state index contributed by atoms with van der Waals surface area (Å²) in [4.78, 5) is 24.0. The Bertz CT molecular complexity index is 1190. The normalized spacial score (nSPS) is 13.4. The molecule has 1 unspecified atom stereocenters. The first-order valence-electron chi connectivity index (χ1n) is 9.59. The highest BCUT2D eigenvalue weighted by molar-refractivity contribution is 5.94. The molecule has 0 aliphatic heterocycles. The Morgan fingerprint density at radius 2 is 1.53 bits per heavy atom. The molecule has 1 N–H and O–H groups in total. The first kappa shape index (κ1) is 26.7. The third-order valence-corrected chi connectivity index (χ3v) is 4.30. The number of ether oxygens (including phenoxy) is 1. The van der Waals surface area contributed by atoms with E-state index < -0.39 is 59.8 Å². The van der Waals surface area contributed by atoms with E-state index in [9.17, 15) is 44.3 Å². The summed E-state index contributed by atoms with van der Waals surface area (Å²) in [6, 6.07) is -0.415. The van der Waals surface area contributed by atoms with Crippen LogP contribution in [0.5, 0.6) is 6.01 Å². The van der Waals surface area contributed by atoms with Crippen molar-refractivity contribution in [1.29, 1.82) is 0 Å². The number of rotatable bonds is 6. The van der Waals surface area contributed by atoms with E-state index >= 15 is 0 Å². The topological polar surface area (TPSA) is 94.8 Å². The van der Waals surface area contributed by atoms with Gasteiger partial charge >= 0.3 is 24.5 Å². The summed E-state index contributed by atoms with van der Waals surface area (Å²) in [5, 5.41) is 5.82. The zero-order valence-electron chi connectivity index (χ0n) is 17.7. The molecule has 0 spiro atoms. The standard InChI is InChI=1S/C19H13F9N6O2/c1-9(31-14(35)10-5-11(18(23,24)25)7-12(6-10)19(26,27)28)13-32-16(36-8-17(20,21)22)33-34(13)15-29-3-2-4-30-15/h2-7,9H,8H2,1H3,(H,31,35). The van der Waals surface area contributed by atoms with Crippen LogP contribution in [0, 0.1) is 0 Å². The Morgan fingerprint density at radius 1 is 0.972 bits per heavy atom. The molecule has 3 rings (SSSR count). The van der Waals surface area contributed by atoms with Crippen molar-refractivity contribution >= 4 is 5.91 Å². The number of nitrogens with zero attached hydrogens (tertiary/aromatic N) is 5. The van der Waals surface area contributed by atoms with Crippen LogP contribution in [-0.4, -0.2) is 43.4 Å². The Balaban J connectivity index is 1.95. The lowest BCUT2D eigenvalue weighted by molar-refractivity contribution is -0.154. The zero-order chi connectivity index (χ0) is 26.9. The van der Waals surface area contributed by atoms with Crippen molar-refractivity contribution in [2.24, 2.45) is 0 Å². The van der Waals surface area contributed by atoms with E-state index in [4.69, 9.17) is 0 Å². The van der Waals surface area contributed by atoms with Crippen molar-refractivity contribution in [1.82, 2.24) is 30.0 Å². The quantitative estimate of drug-likeness (QED) is 0.473. The first-order valence-corrected chi connectivity index (χ1v) is 9.59. The van der Waals surface area contributed by atoms with Gasteiger partial charge in [0.2, 0.25) is 0 Å². The molecule has 0 aliphatic carbocycles. The maximum atomic E-state index is 13.1. The number of benzene rings is 1. The van der Waals surface area contributed by atoms with Crippen molar-refractivity contribution in [3.8, 4) is 12.0 Å². The predicted octanol–water partition coefficient (Wildman–Crippen LogP) is 4.53. The number of hydrogen-bond donors (Lipinski definition) is 1. The third-order valence-electron chi connectivity index (χ3n) is 4.30. The molecule has 0 radical (unpaired) electrons. The van der Waals surface area contributed by atoms with Gasteiger partial charge in [0.1, 0.15) is 0 Å². The highest BCUT2D eigenvalue weighted by Crippen LogP contribution is 2.36. The van der Waals surface area contributed by atoms with Gasteiger partial charge in [-0.2, -0.15) is 49.2 Å². The van der Waals surface area contributed by atoms with Gasteiger partial charge in [-0.3, -0.25) is 4.79 Å². The molecule has 3 aromatic rings. The van der Waals surface area contributed by atoms with Gasteiger partial charge in [-0.05, 0) is 31.2 Å². The van der Waals surface area contributed by atoms with Crippen LogP contribution in [0.1, 0.15) is 40.3 Å². The van der Waals surface area contributed by atoms with Crippen molar-refractivity contribution in [3.63, 3.8) is 0 Å². The number of alkyl halides is 9. The van der Waals surface area contributed by atoms with E-state index in [1.165, 1.54) is 25.4 Å². The van der Waals surface area contributed by atoms with Gasteiger partial charge in [-0.1, -0.05) is 0 Å². The molecule has 2 aromatic heterocycles. The van der Waals surface area contributed by atoms with E-state index in [0.717, 1.165) is 4.68 Å². The highest BCUT2D eigenvalue weighted by Gasteiger charge is 2.38. The van der Waals surface area contributed by atoms with Crippen LogP contribution in [0.25, 0.3) is 5.95 Å². The van der Waals surface area contributed by atoms with Crippen LogP contribution in [0.2, 0.25) is 0 Å². The van der Waals surface area contributed by atoms with Gasteiger partial charge in [-0.25, -0.2) is 9.97 Å². The minimum absolute atomic E-state index is 0.145. The number of nitrogens with one attached hydrogen (secondary N) is 1. The molecule has 1 aromatic carbocycles. The minimum atomic E-state index is -5.18. The SMILES string of the molecule is CC(NC(=O)c1cc(C(F)(F)F)cc(C(F)(F)F)c1)c1nc(OCC(F)(F)F)nn1-c1ncccn1. The number of aromatic nitrogens is 5. The van der Waals surface area contributed by atoms with Gasteiger partial charge in [0.15, 0.2) is 12.4 Å². The molecule has 17 heteroatoms. The maximum Gasteiger partial charge on any atom is 0.422 e. The Labute approximate surface area is 195 Å². The number of hydrogen-bond acceptors (Lipinski definition) is 6. The minimum Gasteiger partial charge on any atom is -0.453 e. The smallest absolute Gasteiger partial charge is 0.422 e. The molecule has 0 bridgehead atoms. The van der Waals surface area contributed by atoms with Crippen LogP contribution in [-0.2, 0) is 12.4 Å².